The minimum atomic E-state index is -1.27. The van der Waals surface area contributed by atoms with Gasteiger partial charge in [-0.15, -0.1) is 24.8 Å². The van der Waals surface area contributed by atoms with Gasteiger partial charge in [0, 0.05) is 32.0 Å². The zero-order chi connectivity index (χ0) is 49.8. The lowest BCUT2D eigenvalue weighted by Crippen LogP contribution is -2.59. The van der Waals surface area contributed by atoms with Crippen molar-refractivity contribution in [2.75, 3.05) is 27.2 Å². The van der Waals surface area contributed by atoms with Gasteiger partial charge in [-0.1, -0.05) is 81.1 Å². The molecule has 2 saturated heterocycles. The molecule has 9 atom stereocenters. The van der Waals surface area contributed by atoms with E-state index in [9.17, 15) is 33.6 Å². The number of nitrogens with zero attached hydrogens (tertiary/aromatic N) is 2. The zero-order valence-corrected chi connectivity index (χ0v) is 43.7. The maximum atomic E-state index is 14.5. The second-order valence-corrected chi connectivity index (χ2v) is 19.8. The first-order valence-corrected chi connectivity index (χ1v) is 24.6. The molecule has 0 radical (unpaired) electrons. The molecule has 0 saturated carbocycles. The summed E-state index contributed by atoms with van der Waals surface area (Å²) >= 11 is 0. The fraction of sp³-hybridized carbons (Fsp3) is 0.566. The van der Waals surface area contributed by atoms with Crippen molar-refractivity contribution in [1.82, 2.24) is 47.0 Å². The van der Waals surface area contributed by atoms with Crippen LogP contribution in [0.2, 0.25) is 0 Å². The van der Waals surface area contributed by atoms with Crippen LogP contribution in [0, 0.1) is 29.1 Å². The molecule has 0 bridgehead atoms. The van der Waals surface area contributed by atoms with Gasteiger partial charge >= 0.3 is 0 Å². The van der Waals surface area contributed by atoms with Crippen LogP contribution < -0.4 is 37.2 Å². The Hall–Kier alpha value is -5.65. The Morgan fingerprint density at radius 1 is 0.676 bits per heavy atom. The standard InChI is InChI=1S/C53H71N9O7.2ClH/c1-33(54-6)47(64)59-42(51(68)61-30-18-28-43(61)49(66)57-40-26-16-21-35-19-12-14-23-38(35)40)25-10-8-9-11-29-45(63)56-37-31-44(50(67)58-41-27-17-22-36-20-13-15-24-39(36)41)62(32-37)52(69)46(53(3,4)5)60-48(65)34(2)55-7;;/h12-15,19-20,23-24,33-34,37,40-44,46,54-55H,11,16-18,21-22,26-32H2,1-7H3,(H,56,63)(H,57,66)(H,58,67)(H,59,64)(H,60,65);2*1H/t33-,34-,37-,40+,41+,42-,43-,44-,46+;;/m0../s1. The fourth-order valence-corrected chi connectivity index (χ4v) is 9.71. The molecule has 7 N–H and O–H groups in total. The number of aryl methyl sites for hydroxylation is 2. The molecular formula is C53H73Cl2N9O7. The number of likely N-dealkylation sites (tertiary alicyclic amines) is 2. The van der Waals surface area contributed by atoms with E-state index in [2.05, 4.69) is 73.0 Å². The predicted molar refractivity (Wildman–Crippen MR) is 277 cm³/mol. The van der Waals surface area contributed by atoms with Gasteiger partial charge in [0.15, 0.2) is 6.04 Å². The smallest absolute Gasteiger partial charge is 0.258 e. The van der Waals surface area contributed by atoms with Crippen LogP contribution in [0.1, 0.15) is 127 Å². The Bertz CT molecular complexity index is 2370. The molecule has 16 nitrogen and oxygen atoms in total. The molecule has 386 valence electrons. The SMILES string of the molecule is CN[C@@H](C)C(=O)N[C@@H](C#CC#CCCC(=O)N[C@H]1C[C@@H](C(=O)N[C@@H]2CCCc3ccccc32)N(C(=O)[C@@H](NC(=O)[C@H](C)NC)C(C)(C)C)C1)C(=O)N1CCC[C@H]1C(=O)N[C@@H]1CCCc2ccccc21.Cl.Cl. The number of likely N-dealkylation sites (N-methyl/N-ethyl adjacent to an activating group) is 2. The zero-order valence-electron chi connectivity index (χ0n) is 42.1. The minimum Gasteiger partial charge on any atom is -0.351 e. The average molecular weight is 1020 g/mol. The normalized spacial score (nSPS) is 21.7. The molecule has 18 heteroatoms. The second-order valence-electron chi connectivity index (χ2n) is 19.8. The summed E-state index contributed by atoms with van der Waals surface area (Å²) in [4.78, 5) is 99.0. The van der Waals surface area contributed by atoms with Crippen LogP contribution in [0.3, 0.4) is 0 Å². The highest BCUT2D eigenvalue weighted by Gasteiger charge is 2.46. The van der Waals surface area contributed by atoms with Crippen LogP contribution >= 0.6 is 24.8 Å². The van der Waals surface area contributed by atoms with Crippen molar-refractivity contribution >= 4 is 66.2 Å². The topological polar surface area (TPSA) is 210 Å². The van der Waals surface area contributed by atoms with Crippen molar-refractivity contribution in [1.29, 1.82) is 0 Å². The first-order chi connectivity index (χ1) is 33.0. The van der Waals surface area contributed by atoms with Gasteiger partial charge in [0.1, 0.15) is 18.1 Å². The summed E-state index contributed by atoms with van der Waals surface area (Å²) in [5, 5.41) is 20.8. The summed E-state index contributed by atoms with van der Waals surface area (Å²) in [5.74, 6) is 8.49. The van der Waals surface area contributed by atoms with E-state index in [1.807, 2.05) is 57.2 Å². The molecule has 2 fully saturated rings. The van der Waals surface area contributed by atoms with Crippen molar-refractivity contribution in [3.63, 3.8) is 0 Å². The molecule has 2 aliphatic heterocycles. The summed E-state index contributed by atoms with van der Waals surface area (Å²) in [5.41, 5.74) is 3.85. The number of rotatable bonds is 15. The molecule has 71 heavy (non-hydrogen) atoms. The average Bonchev–Trinajstić information content (AvgIpc) is 4.01. The van der Waals surface area contributed by atoms with Gasteiger partial charge in [0.2, 0.25) is 35.4 Å². The van der Waals surface area contributed by atoms with E-state index in [1.54, 1.807) is 27.9 Å². The number of hydrogen-bond donors (Lipinski definition) is 7. The number of benzene rings is 2. The van der Waals surface area contributed by atoms with Gasteiger partial charge in [0.05, 0.1) is 24.2 Å². The number of carbonyl (C=O) groups excluding carboxylic acids is 7. The van der Waals surface area contributed by atoms with E-state index in [1.165, 1.54) is 20.9 Å². The molecule has 0 unspecified atom stereocenters. The maximum Gasteiger partial charge on any atom is 0.258 e. The van der Waals surface area contributed by atoms with E-state index in [-0.39, 0.29) is 86.3 Å². The van der Waals surface area contributed by atoms with E-state index in [0.29, 0.717) is 19.4 Å². The number of nitrogens with one attached hydrogen (secondary N) is 7. The third-order valence-corrected chi connectivity index (χ3v) is 13.9. The third kappa shape index (κ3) is 15.0. The Morgan fingerprint density at radius 2 is 1.23 bits per heavy atom. The fourth-order valence-electron chi connectivity index (χ4n) is 9.71. The van der Waals surface area contributed by atoms with Gasteiger partial charge in [0.25, 0.3) is 5.91 Å². The molecule has 7 amide bonds. The van der Waals surface area contributed by atoms with Crippen molar-refractivity contribution in [3.05, 3.63) is 70.8 Å². The summed E-state index contributed by atoms with van der Waals surface area (Å²) in [6.07, 6.45) is 6.69. The largest absolute Gasteiger partial charge is 0.351 e. The second kappa shape index (κ2) is 26.7. The molecule has 4 aliphatic rings. The first kappa shape index (κ1) is 57.9. The molecular weight excluding hydrogens is 946 g/mol. The summed E-state index contributed by atoms with van der Waals surface area (Å²) in [7, 11) is 3.29. The van der Waals surface area contributed by atoms with Gasteiger partial charge in [-0.05, 0) is 125 Å². The number of amides is 7. The lowest BCUT2D eigenvalue weighted by molar-refractivity contribution is -0.144. The number of carbonyl (C=O) groups is 7. The van der Waals surface area contributed by atoms with Crippen molar-refractivity contribution in [2.24, 2.45) is 5.41 Å². The highest BCUT2D eigenvalue weighted by Crippen LogP contribution is 2.33. The molecule has 0 spiro atoms. The number of fused-ring (bicyclic) bond motifs is 2. The number of hydrogen-bond acceptors (Lipinski definition) is 9. The Morgan fingerprint density at radius 3 is 1.79 bits per heavy atom. The number of halogens is 2. The Balaban J connectivity index is 0.00000548. The van der Waals surface area contributed by atoms with Crippen molar-refractivity contribution in [3.8, 4) is 23.7 Å². The lowest BCUT2D eigenvalue weighted by atomic mass is 9.85. The molecule has 2 aromatic carbocycles. The molecule has 2 heterocycles. The summed E-state index contributed by atoms with van der Waals surface area (Å²) in [6, 6.07) is 10.2. The Kier molecular flexibility index (Phi) is 21.8. The third-order valence-electron chi connectivity index (χ3n) is 13.9. The van der Waals surface area contributed by atoms with Crippen molar-refractivity contribution in [2.45, 2.75) is 160 Å². The van der Waals surface area contributed by atoms with E-state index in [0.717, 1.165) is 49.7 Å². The van der Waals surface area contributed by atoms with Gasteiger partial charge in [-0.3, -0.25) is 33.6 Å². The quantitative estimate of drug-likeness (QED) is 0.131. The van der Waals surface area contributed by atoms with E-state index in [4.69, 9.17) is 0 Å². The van der Waals surface area contributed by atoms with E-state index >= 15 is 0 Å². The Labute approximate surface area is 431 Å². The van der Waals surface area contributed by atoms with Crippen LogP contribution in [-0.2, 0) is 46.4 Å². The highest BCUT2D eigenvalue weighted by molar-refractivity contribution is 5.96. The highest BCUT2D eigenvalue weighted by atomic mass is 35.5. The molecule has 2 aliphatic carbocycles. The van der Waals surface area contributed by atoms with Crippen LogP contribution in [0.5, 0.6) is 0 Å². The van der Waals surface area contributed by atoms with Gasteiger partial charge in [-0.2, -0.15) is 0 Å². The van der Waals surface area contributed by atoms with Crippen molar-refractivity contribution < 1.29 is 33.6 Å². The van der Waals surface area contributed by atoms with Crippen LogP contribution in [0.4, 0.5) is 0 Å². The van der Waals surface area contributed by atoms with Crippen LogP contribution in [-0.4, -0.2) is 121 Å². The summed E-state index contributed by atoms with van der Waals surface area (Å²) < 4.78 is 0. The summed E-state index contributed by atoms with van der Waals surface area (Å²) in [6.45, 7) is 9.33. The molecule has 6 rings (SSSR count). The van der Waals surface area contributed by atoms with Crippen LogP contribution in [0.25, 0.3) is 0 Å². The van der Waals surface area contributed by atoms with Gasteiger partial charge < -0.3 is 47.0 Å². The van der Waals surface area contributed by atoms with Gasteiger partial charge in [-0.25, -0.2) is 0 Å². The van der Waals surface area contributed by atoms with Crippen LogP contribution in [0.15, 0.2) is 48.5 Å². The van der Waals surface area contributed by atoms with E-state index < -0.39 is 65.4 Å². The molecule has 2 aromatic rings. The first-order valence-electron chi connectivity index (χ1n) is 24.6. The lowest BCUT2D eigenvalue weighted by Gasteiger charge is -2.36. The maximum absolute atomic E-state index is 14.5. The predicted octanol–water partition coefficient (Wildman–Crippen LogP) is 3.31. The monoisotopic (exact) mass is 1020 g/mol. The molecule has 0 aromatic heterocycles. The minimum absolute atomic E-state index is 0.